The smallest absolute Gasteiger partial charge is 0.273 e. The predicted molar refractivity (Wildman–Crippen MR) is 99.6 cm³/mol. The number of hydrogen-bond acceptors (Lipinski definition) is 3. The van der Waals surface area contributed by atoms with Crippen molar-refractivity contribution in [2.24, 2.45) is 0 Å². The molecule has 0 spiro atoms. The van der Waals surface area contributed by atoms with Gasteiger partial charge in [-0.25, -0.2) is 0 Å². The first-order valence-electron chi connectivity index (χ1n) is 7.62. The molecule has 25 heavy (non-hydrogen) atoms. The molecule has 0 aliphatic carbocycles. The van der Waals surface area contributed by atoms with E-state index in [1.54, 1.807) is 24.3 Å². The van der Waals surface area contributed by atoms with E-state index >= 15 is 0 Å². The summed E-state index contributed by atoms with van der Waals surface area (Å²) in [6.07, 6.45) is 0. The lowest BCUT2D eigenvalue weighted by atomic mass is 10.1. The lowest BCUT2D eigenvalue weighted by Crippen LogP contribution is -2.12. The first-order valence-corrected chi connectivity index (χ1v) is 8.37. The fourth-order valence-corrected chi connectivity index (χ4v) is 2.54. The van der Waals surface area contributed by atoms with E-state index in [-0.39, 0.29) is 5.91 Å². The maximum atomic E-state index is 12.3. The Morgan fingerprint density at radius 2 is 1.88 bits per heavy atom. The number of carbonyl (C=O) groups is 1. The zero-order valence-electron chi connectivity index (χ0n) is 13.3. The van der Waals surface area contributed by atoms with E-state index in [1.807, 2.05) is 31.2 Å². The number of ether oxygens (including phenoxy) is 1. The molecule has 3 rings (SSSR count). The van der Waals surface area contributed by atoms with Gasteiger partial charge in [-0.05, 0) is 55.5 Å². The van der Waals surface area contributed by atoms with Gasteiger partial charge in [0.15, 0.2) is 0 Å². The first-order chi connectivity index (χ1) is 12.1. The van der Waals surface area contributed by atoms with E-state index in [1.165, 1.54) is 0 Å². The summed E-state index contributed by atoms with van der Waals surface area (Å²) in [7, 11) is 0. The predicted octanol–water partition coefficient (Wildman–Crippen LogP) is 5.03. The molecule has 0 radical (unpaired) electrons. The third-order valence-electron chi connectivity index (χ3n) is 3.46. The standard InChI is InChI=1S/C18H15Cl2N3O2/c1-2-25-13-6-3-11(4-7-13)16-10-17(23-22-16)18(24)21-12-5-8-14(19)15(20)9-12/h3-10H,2H2,1H3,(H,21,24)(H,22,23). The van der Waals surface area contributed by atoms with Gasteiger partial charge in [0, 0.05) is 11.3 Å². The molecule has 0 fully saturated rings. The van der Waals surface area contributed by atoms with Crippen molar-refractivity contribution in [3.8, 4) is 17.0 Å². The van der Waals surface area contributed by atoms with Gasteiger partial charge in [0.2, 0.25) is 0 Å². The number of carbonyl (C=O) groups excluding carboxylic acids is 1. The molecule has 3 aromatic rings. The van der Waals surface area contributed by atoms with Gasteiger partial charge in [0.25, 0.3) is 5.91 Å². The van der Waals surface area contributed by atoms with Crippen LogP contribution in [0.2, 0.25) is 10.0 Å². The SMILES string of the molecule is CCOc1ccc(-c2cc(C(=O)Nc3ccc(Cl)c(Cl)c3)[nH]n2)cc1. The molecule has 0 atom stereocenters. The van der Waals surface area contributed by atoms with E-state index in [9.17, 15) is 4.79 Å². The molecule has 0 saturated heterocycles. The monoisotopic (exact) mass is 375 g/mol. The van der Waals surface area contributed by atoms with E-state index in [0.717, 1.165) is 11.3 Å². The van der Waals surface area contributed by atoms with Crippen molar-refractivity contribution >= 4 is 34.8 Å². The highest BCUT2D eigenvalue weighted by Crippen LogP contribution is 2.26. The summed E-state index contributed by atoms with van der Waals surface area (Å²) in [6.45, 7) is 2.54. The van der Waals surface area contributed by atoms with Crippen LogP contribution in [0.3, 0.4) is 0 Å². The van der Waals surface area contributed by atoms with Gasteiger partial charge in [0.05, 0.1) is 22.3 Å². The maximum absolute atomic E-state index is 12.3. The Balaban J connectivity index is 1.73. The van der Waals surface area contributed by atoms with Gasteiger partial charge in [-0.1, -0.05) is 23.2 Å². The highest BCUT2D eigenvalue weighted by atomic mass is 35.5. The summed E-state index contributed by atoms with van der Waals surface area (Å²) < 4.78 is 5.41. The van der Waals surface area contributed by atoms with Crippen LogP contribution in [-0.2, 0) is 0 Å². The summed E-state index contributed by atoms with van der Waals surface area (Å²) in [4.78, 5) is 12.3. The molecule has 1 amide bonds. The van der Waals surface area contributed by atoms with Crippen molar-refractivity contribution in [3.63, 3.8) is 0 Å². The number of H-pyrrole nitrogens is 1. The molecule has 128 valence electrons. The first kappa shape index (κ1) is 17.3. The number of nitrogens with zero attached hydrogens (tertiary/aromatic N) is 1. The Labute approximate surface area is 154 Å². The minimum Gasteiger partial charge on any atom is -0.494 e. The van der Waals surface area contributed by atoms with Crippen molar-refractivity contribution in [1.82, 2.24) is 10.2 Å². The largest absolute Gasteiger partial charge is 0.494 e. The summed E-state index contributed by atoms with van der Waals surface area (Å²) in [5.74, 6) is 0.474. The van der Waals surface area contributed by atoms with Gasteiger partial charge < -0.3 is 10.1 Å². The third-order valence-corrected chi connectivity index (χ3v) is 4.20. The van der Waals surface area contributed by atoms with Crippen molar-refractivity contribution in [2.75, 3.05) is 11.9 Å². The van der Waals surface area contributed by atoms with E-state index < -0.39 is 0 Å². The minimum absolute atomic E-state index is 0.317. The molecule has 5 nitrogen and oxygen atoms in total. The lowest BCUT2D eigenvalue weighted by molar-refractivity contribution is 0.102. The number of benzene rings is 2. The molecule has 0 unspecified atom stereocenters. The van der Waals surface area contributed by atoms with E-state index in [0.29, 0.717) is 33.7 Å². The van der Waals surface area contributed by atoms with Crippen LogP contribution in [0, 0.1) is 0 Å². The van der Waals surface area contributed by atoms with Crippen molar-refractivity contribution in [2.45, 2.75) is 6.92 Å². The van der Waals surface area contributed by atoms with E-state index in [4.69, 9.17) is 27.9 Å². The van der Waals surface area contributed by atoms with Crippen LogP contribution < -0.4 is 10.1 Å². The number of amides is 1. The average Bonchev–Trinajstić information content (AvgIpc) is 3.09. The average molecular weight is 376 g/mol. The zero-order valence-corrected chi connectivity index (χ0v) is 14.9. The van der Waals surface area contributed by atoms with Crippen LogP contribution >= 0.6 is 23.2 Å². The fraction of sp³-hybridized carbons (Fsp3) is 0.111. The number of rotatable bonds is 5. The minimum atomic E-state index is -0.317. The zero-order chi connectivity index (χ0) is 17.8. The normalized spacial score (nSPS) is 10.5. The van der Waals surface area contributed by atoms with Gasteiger partial charge in [-0.3, -0.25) is 9.89 Å². The van der Waals surface area contributed by atoms with Crippen LogP contribution in [0.15, 0.2) is 48.5 Å². The fourth-order valence-electron chi connectivity index (χ4n) is 2.25. The van der Waals surface area contributed by atoms with Crippen LogP contribution in [0.1, 0.15) is 17.4 Å². The van der Waals surface area contributed by atoms with Gasteiger partial charge in [-0.2, -0.15) is 5.10 Å². The molecule has 0 aliphatic heterocycles. The molecule has 0 saturated carbocycles. The van der Waals surface area contributed by atoms with Crippen LogP contribution in [-0.4, -0.2) is 22.7 Å². The third kappa shape index (κ3) is 4.13. The number of aromatic nitrogens is 2. The van der Waals surface area contributed by atoms with Crippen molar-refractivity contribution in [1.29, 1.82) is 0 Å². The quantitative estimate of drug-likeness (QED) is 0.656. The number of anilines is 1. The summed E-state index contributed by atoms with van der Waals surface area (Å²) in [5.41, 5.74) is 2.45. The number of aromatic amines is 1. The van der Waals surface area contributed by atoms with Gasteiger partial charge >= 0.3 is 0 Å². The molecule has 0 aliphatic rings. The Morgan fingerprint density at radius 3 is 2.56 bits per heavy atom. The maximum Gasteiger partial charge on any atom is 0.273 e. The highest BCUT2D eigenvalue weighted by Gasteiger charge is 2.12. The Morgan fingerprint density at radius 1 is 1.12 bits per heavy atom. The molecule has 1 heterocycles. The highest BCUT2D eigenvalue weighted by molar-refractivity contribution is 6.42. The van der Waals surface area contributed by atoms with E-state index in [2.05, 4.69) is 15.5 Å². The Kier molecular flexibility index (Phi) is 5.26. The molecule has 1 aromatic heterocycles. The molecular formula is C18H15Cl2N3O2. The topological polar surface area (TPSA) is 67.0 Å². The molecule has 2 aromatic carbocycles. The summed E-state index contributed by atoms with van der Waals surface area (Å²) in [6, 6.07) is 14.1. The molecular weight excluding hydrogens is 361 g/mol. The van der Waals surface area contributed by atoms with Crippen molar-refractivity contribution < 1.29 is 9.53 Å². The second-order valence-electron chi connectivity index (χ2n) is 5.21. The number of halogens is 2. The Hall–Kier alpha value is -2.50. The molecule has 7 heteroatoms. The van der Waals surface area contributed by atoms with Crippen molar-refractivity contribution in [3.05, 3.63) is 64.3 Å². The number of hydrogen-bond donors (Lipinski definition) is 2. The molecule has 0 bridgehead atoms. The van der Waals surface area contributed by atoms with Gasteiger partial charge in [-0.15, -0.1) is 0 Å². The summed E-state index contributed by atoms with van der Waals surface area (Å²) in [5, 5.41) is 10.5. The Bertz CT molecular complexity index is 892. The lowest BCUT2D eigenvalue weighted by Gasteiger charge is -2.04. The second-order valence-corrected chi connectivity index (χ2v) is 6.02. The number of nitrogens with one attached hydrogen (secondary N) is 2. The second kappa shape index (κ2) is 7.59. The van der Waals surface area contributed by atoms with Crippen LogP contribution in [0.4, 0.5) is 5.69 Å². The van der Waals surface area contributed by atoms with Gasteiger partial charge in [0.1, 0.15) is 11.4 Å². The summed E-state index contributed by atoms with van der Waals surface area (Å²) >= 11 is 11.8. The van der Waals surface area contributed by atoms with Crippen LogP contribution in [0.25, 0.3) is 11.3 Å². The van der Waals surface area contributed by atoms with Crippen LogP contribution in [0.5, 0.6) is 5.75 Å². The molecule has 2 N–H and O–H groups in total.